The Morgan fingerprint density at radius 2 is 2.12 bits per heavy atom. The molecule has 0 N–H and O–H groups in total. The Labute approximate surface area is 109 Å². The smallest absolute Gasteiger partial charge is 0.264 e. The molecule has 3 nitrogen and oxygen atoms in total. The first kappa shape index (κ1) is 10.8. The molecule has 4 heteroatoms. The van der Waals surface area contributed by atoms with Crippen LogP contribution in [0.5, 0.6) is 0 Å². The van der Waals surface area contributed by atoms with Gasteiger partial charge >= 0.3 is 0 Å². The minimum absolute atomic E-state index is 0.206. The van der Waals surface area contributed by atoms with Crippen LogP contribution in [-0.2, 0) is 6.54 Å². The summed E-state index contributed by atoms with van der Waals surface area (Å²) < 4.78 is 2.85. The zero-order chi connectivity index (χ0) is 11.3. The number of nitrogens with zero attached hydrogens (tertiary/aromatic N) is 2. The van der Waals surface area contributed by atoms with Crippen LogP contribution in [0.1, 0.15) is 18.0 Å². The summed E-state index contributed by atoms with van der Waals surface area (Å²) in [7, 11) is 2.18. The molecule has 2 aliphatic heterocycles. The summed E-state index contributed by atoms with van der Waals surface area (Å²) in [6.07, 6.45) is 1.25. The van der Waals surface area contributed by atoms with Gasteiger partial charge in [-0.25, -0.2) is 0 Å². The number of rotatable bonds is 0. The van der Waals surface area contributed by atoms with Gasteiger partial charge in [0.1, 0.15) is 0 Å². The second-order valence-electron chi connectivity index (χ2n) is 5.04. The van der Waals surface area contributed by atoms with E-state index in [0.29, 0.717) is 11.8 Å². The van der Waals surface area contributed by atoms with Crippen LogP contribution in [-0.4, -0.2) is 29.6 Å². The second-order valence-corrected chi connectivity index (χ2v) is 6.20. The fourth-order valence-corrected chi connectivity index (χ4v) is 3.63. The lowest BCUT2D eigenvalue weighted by atomic mass is 9.83. The Morgan fingerprint density at radius 1 is 1.31 bits per heavy atom. The Kier molecular flexibility index (Phi) is 2.58. The molecule has 0 aliphatic carbocycles. The van der Waals surface area contributed by atoms with Crippen LogP contribution in [0.2, 0.25) is 0 Å². The van der Waals surface area contributed by atoms with Crippen LogP contribution < -0.4 is 5.56 Å². The molecule has 0 spiro atoms. The molecule has 0 radical (unpaired) electrons. The Hall–Kier alpha value is -0.360. The summed E-state index contributed by atoms with van der Waals surface area (Å²) in [4.78, 5) is 14.5. The number of aromatic nitrogens is 1. The standard InChI is InChI=1S/C12H15IN2O/c1-14-5-8-4-9(7-14)11-3-2-10(13)12(16)15(11)6-8/h2-3,8-9H,4-7H2,1H3. The normalized spacial score (nSPS) is 28.9. The Balaban J connectivity index is 2.12. The number of fused-ring (bicyclic) bond motifs is 4. The van der Waals surface area contributed by atoms with Crippen molar-refractivity contribution in [2.45, 2.75) is 18.9 Å². The summed E-state index contributed by atoms with van der Waals surface area (Å²) in [6, 6.07) is 4.10. The molecule has 1 aromatic heterocycles. The molecule has 2 unspecified atom stereocenters. The lowest BCUT2D eigenvalue weighted by molar-refractivity contribution is 0.144. The monoisotopic (exact) mass is 330 g/mol. The zero-order valence-corrected chi connectivity index (χ0v) is 11.5. The van der Waals surface area contributed by atoms with Crippen molar-refractivity contribution in [2.24, 2.45) is 5.92 Å². The summed E-state index contributed by atoms with van der Waals surface area (Å²) >= 11 is 2.13. The number of pyridine rings is 1. The first-order valence-electron chi connectivity index (χ1n) is 5.73. The molecule has 1 fully saturated rings. The van der Waals surface area contributed by atoms with E-state index >= 15 is 0 Å². The summed E-state index contributed by atoms with van der Waals surface area (Å²) in [5.41, 5.74) is 1.45. The van der Waals surface area contributed by atoms with Gasteiger partial charge < -0.3 is 9.47 Å². The zero-order valence-electron chi connectivity index (χ0n) is 9.32. The predicted molar refractivity (Wildman–Crippen MR) is 71.8 cm³/mol. The second kappa shape index (κ2) is 3.84. The van der Waals surface area contributed by atoms with Gasteiger partial charge in [0.2, 0.25) is 0 Å². The van der Waals surface area contributed by atoms with Gasteiger partial charge in [-0.2, -0.15) is 0 Å². The minimum atomic E-state index is 0.206. The molecule has 2 bridgehead atoms. The largest absolute Gasteiger partial charge is 0.311 e. The van der Waals surface area contributed by atoms with Crippen molar-refractivity contribution in [3.8, 4) is 0 Å². The van der Waals surface area contributed by atoms with E-state index in [9.17, 15) is 4.79 Å². The maximum absolute atomic E-state index is 12.1. The van der Waals surface area contributed by atoms with Crippen LogP contribution in [0.25, 0.3) is 0 Å². The average molecular weight is 330 g/mol. The quantitative estimate of drug-likeness (QED) is 0.674. The van der Waals surface area contributed by atoms with Crippen molar-refractivity contribution in [2.75, 3.05) is 20.1 Å². The Bertz CT molecular complexity index is 482. The highest BCUT2D eigenvalue weighted by Gasteiger charge is 2.33. The lowest BCUT2D eigenvalue weighted by Crippen LogP contribution is -2.45. The van der Waals surface area contributed by atoms with Crippen LogP contribution in [0, 0.1) is 9.49 Å². The first-order valence-corrected chi connectivity index (χ1v) is 6.81. The number of piperidine rings is 1. The molecular formula is C12H15IN2O. The van der Waals surface area contributed by atoms with E-state index in [0.717, 1.165) is 23.2 Å². The molecule has 3 rings (SSSR count). The molecule has 86 valence electrons. The van der Waals surface area contributed by atoms with Gasteiger partial charge in [-0.15, -0.1) is 0 Å². The highest BCUT2D eigenvalue weighted by molar-refractivity contribution is 14.1. The van der Waals surface area contributed by atoms with Crippen molar-refractivity contribution < 1.29 is 0 Å². The van der Waals surface area contributed by atoms with Crippen LogP contribution in [0.4, 0.5) is 0 Å². The molecule has 0 amide bonds. The first-order chi connectivity index (χ1) is 7.65. The number of hydrogen-bond donors (Lipinski definition) is 0. The van der Waals surface area contributed by atoms with Gasteiger partial charge in [-0.1, -0.05) is 0 Å². The fraction of sp³-hybridized carbons (Fsp3) is 0.583. The molecule has 0 aromatic carbocycles. The van der Waals surface area contributed by atoms with E-state index in [1.807, 2.05) is 10.6 Å². The highest BCUT2D eigenvalue weighted by atomic mass is 127. The maximum atomic E-state index is 12.1. The fourth-order valence-electron chi connectivity index (χ4n) is 3.16. The number of likely N-dealkylation sites (N-methyl/N-ethyl adjacent to an activating group) is 1. The van der Waals surface area contributed by atoms with E-state index < -0.39 is 0 Å². The average Bonchev–Trinajstić information content (AvgIpc) is 2.23. The third-order valence-corrected chi connectivity index (χ3v) is 4.56. The van der Waals surface area contributed by atoms with Gasteiger partial charge in [0, 0.05) is 31.2 Å². The van der Waals surface area contributed by atoms with Crippen molar-refractivity contribution >= 4 is 22.6 Å². The number of halogens is 1. The third-order valence-electron chi connectivity index (χ3n) is 3.74. The molecule has 16 heavy (non-hydrogen) atoms. The number of hydrogen-bond acceptors (Lipinski definition) is 2. The highest BCUT2D eigenvalue weighted by Crippen LogP contribution is 2.34. The van der Waals surface area contributed by atoms with Crippen molar-refractivity contribution in [1.82, 2.24) is 9.47 Å². The topological polar surface area (TPSA) is 25.2 Å². The van der Waals surface area contributed by atoms with E-state index in [2.05, 4.69) is 40.6 Å². The van der Waals surface area contributed by atoms with Gasteiger partial charge in [0.15, 0.2) is 0 Å². The van der Waals surface area contributed by atoms with Crippen LogP contribution in [0.15, 0.2) is 16.9 Å². The molecular weight excluding hydrogens is 315 g/mol. The molecule has 2 atom stereocenters. The van der Waals surface area contributed by atoms with E-state index in [-0.39, 0.29) is 5.56 Å². The van der Waals surface area contributed by atoms with E-state index in [1.165, 1.54) is 12.1 Å². The minimum Gasteiger partial charge on any atom is -0.311 e. The van der Waals surface area contributed by atoms with Crippen molar-refractivity contribution in [3.05, 3.63) is 31.8 Å². The van der Waals surface area contributed by atoms with Crippen molar-refractivity contribution in [1.29, 1.82) is 0 Å². The van der Waals surface area contributed by atoms with Gasteiger partial charge in [0.05, 0.1) is 3.57 Å². The summed E-state index contributed by atoms with van der Waals surface area (Å²) in [5.74, 6) is 1.22. The van der Waals surface area contributed by atoms with Crippen LogP contribution in [0.3, 0.4) is 0 Å². The van der Waals surface area contributed by atoms with Crippen LogP contribution >= 0.6 is 22.6 Å². The molecule has 1 aromatic rings. The van der Waals surface area contributed by atoms with Crippen molar-refractivity contribution in [3.63, 3.8) is 0 Å². The Morgan fingerprint density at radius 3 is 2.94 bits per heavy atom. The SMILES string of the molecule is CN1CC2CC(C1)c1ccc(I)c(=O)n1C2. The third kappa shape index (κ3) is 1.62. The van der Waals surface area contributed by atoms with Gasteiger partial charge in [-0.3, -0.25) is 4.79 Å². The van der Waals surface area contributed by atoms with E-state index in [4.69, 9.17) is 0 Å². The van der Waals surface area contributed by atoms with Gasteiger partial charge in [-0.05, 0) is 54.1 Å². The lowest BCUT2D eigenvalue weighted by Gasteiger charge is -2.41. The molecule has 2 aliphatic rings. The molecule has 0 saturated carbocycles. The summed E-state index contributed by atoms with van der Waals surface area (Å²) in [6.45, 7) is 3.14. The maximum Gasteiger partial charge on any atom is 0.264 e. The van der Waals surface area contributed by atoms with Gasteiger partial charge in [0.25, 0.3) is 5.56 Å². The summed E-state index contributed by atoms with van der Waals surface area (Å²) in [5, 5.41) is 0. The number of likely N-dealkylation sites (tertiary alicyclic amines) is 1. The molecule has 1 saturated heterocycles. The van der Waals surface area contributed by atoms with E-state index in [1.54, 1.807) is 0 Å². The molecule has 3 heterocycles. The predicted octanol–water partition coefficient (Wildman–Crippen LogP) is 1.50.